The number of hydrogen-bond acceptors (Lipinski definition) is 3. The summed E-state index contributed by atoms with van der Waals surface area (Å²) in [5.74, 6) is 1.16. The number of halogens is 1. The smallest absolute Gasteiger partial charge is 0.0544 e. The van der Waals surface area contributed by atoms with E-state index in [0.717, 1.165) is 22.5 Å². The number of pyridine rings is 1. The maximum Gasteiger partial charge on any atom is 0.0544 e. The van der Waals surface area contributed by atoms with Crippen molar-refractivity contribution in [2.45, 2.75) is 19.5 Å². The molecule has 0 aliphatic heterocycles. The van der Waals surface area contributed by atoms with Crippen LogP contribution in [0.4, 0.5) is 0 Å². The lowest BCUT2D eigenvalue weighted by Gasteiger charge is -2.23. The van der Waals surface area contributed by atoms with Gasteiger partial charge in [-0.25, -0.2) is 0 Å². The molecule has 1 aromatic heterocycles. The van der Waals surface area contributed by atoms with Gasteiger partial charge in [-0.3, -0.25) is 9.88 Å². The normalized spacial score (nSPS) is 13.1. The molecule has 1 atom stereocenters. The molecule has 0 fully saturated rings. The van der Waals surface area contributed by atoms with Crippen molar-refractivity contribution in [2.24, 2.45) is 0 Å². The van der Waals surface area contributed by atoms with Crippen molar-refractivity contribution in [1.82, 2.24) is 9.88 Å². The molecular formula is C11H17BrN2S. The van der Waals surface area contributed by atoms with Crippen LogP contribution in [0.15, 0.2) is 22.8 Å². The van der Waals surface area contributed by atoms with Crippen LogP contribution in [-0.4, -0.2) is 35.0 Å². The maximum atomic E-state index is 4.37. The van der Waals surface area contributed by atoms with Crippen LogP contribution in [0.3, 0.4) is 0 Å². The van der Waals surface area contributed by atoms with E-state index in [4.69, 9.17) is 0 Å². The minimum atomic E-state index is 0.588. The first kappa shape index (κ1) is 13.0. The average molecular weight is 289 g/mol. The van der Waals surface area contributed by atoms with Gasteiger partial charge in [0.1, 0.15) is 0 Å². The van der Waals surface area contributed by atoms with E-state index in [2.05, 4.69) is 52.1 Å². The summed E-state index contributed by atoms with van der Waals surface area (Å²) in [6, 6.07) is 4.69. The Hall–Kier alpha value is -0.0600. The Morgan fingerprint density at radius 3 is 2.80 bits per heavy atom. The Bertz CT molecular complexity index is 289. The van der Waals surface area contributed by atoms with Crippen molar-refractivity contribution in [3.05, 3.63) is 28.5 Å². The molecule has 0 aromatic carbocycles. The molecule has 2 nitrogen and oxygen atoms in total. The van der Waals surface area contributed by atoms with E-state index >= 15 is 0 Å². The van der Waals surface area contributed by atoms with E-state index in [1.165, 1.54) is 0 Å². The van der Waals surface area contributed by atoms with Crippen molar-refractivity contribution in [2.75, 3.05) is 19.1 Å². The highest BCUT2D eigenvalue weighted by atomic mass is 79.9. The van der Waals surface area contributed by atoms with Gasteiger partial charge in [0.15, 0.2) is 0 Å². The second-order valence-corrected chi connectivity index (χ2v) is 5.51. The highest BCUT2D eigenvalue weighted by molar-refractivity contribution is 9.10. The summed E-state index contributed by atoms with van der Waals surface area (Å²) in [5, 5.41) is 0. The van der Waals surface area contributed by atoms with Gasteiger partial charge in [0, 0.05) is 29.0 Å². The molecular weight excluding hydrogens is 272 g/mol. The van der Waals surface area contributed by atoms with Gasteiger partial charge in [-0.05, 0) is 48.3 Å². The molecule has 0 radical (unpaired) electrons. The van der Waals surface area contributed by atoms with Crippen LogP contribution in [0, 0.1) is 0 Å². The van der Waals surface area contributed by atoms with Crippen molar-refractivity contribution in [1.29, 1.82) is 0 Å². The molecule has 0 aliphatic rings. The zero-order valence-corrected chi connectivity index (χ0v) is 11.8. The Kier molecular flexibility index (Phi) is 5.64. The lowest BCUT2D eigenvalue weighted by Crippen LogP contribution is -2.30. The summed E-state index contributed by atoms with van der Waals surface area (Å²) in [6.07, 6.45) is 3.99. The summed E-state index contributed by atoms with van der Waals surface area (Å²) >= 11 is 5.27. The van der Waals surface area contributed by atoms with Crippen molar-refractivity contribution < 1.29 is 0 Å². The van der Waals surface area contributed by atoms with Gasteiger partial charge in [-0.1, -0.05) is 0 Å². The summed E-state index contributed by atoms with van der Waals surface area (Å²) in [4.78, 5) is 6.69. The van der Waals surface area contributed by atoms with Crippen LogP contribution < -0.4 is 0 Å². The summed E-state index contributed by atoms with van der Waals surface area (Å²) in [5.41, 5.74) is 1.12. The first-order valence-corrected chi connectivity index (χ1v) is 7.11. The fourth-order valence-corrected chi connectivity index (χ4v) is 2.25. The number of nitrogens with zero attached hydrogens (tertiary/aromatic N) is 2. The van der Waals surface area contributed by atoms with Crippen molar-refractivity contribution >= 4 is 27.7 Å². The van der Waals surface area contributed by atoms with E-state index in [1.54, 1.807) is 0 Å². The minimum Gasteiger partial charge on any atom is -0.297 e. The van der Waals surface area contributed by atoms with Gasteiger partial charge >= 0.3 is 0 Å². The van der Waals surface area contributed by atoms with Crippen molar-refractivity contribution in [3.63, 3.8) is 0 Å². The summed E-state index contributed by atoms with van der Waals surface area (Å²) in [7, 11) is 2.14. The van der Waals surface area contributed by atoms with Crippen molar-refractivity contribution in [3.8, 4) is 0 Å². The number of aromatic nitrogens is 1. The molecule has 0 saturated carbocycles. The first-order valence-electron chi connectivity index (χ1n) is 4.93. The molecule has 0 amide bonds. The van der Waals surface area contributed by atoms with Gasteiger partial charge in [-0.2, -0.15) is 11.8 Å². The van der Waals surface area contributed by atoms with Gasteiger partial charge in [-0.15, -0.1) is 0 Å². The SMILES string of the molecule is CSCC(C)N(C)Cc1ccc(Br)cn1. The van der Waals surface area contributed by atoms with E-state index in [0.29, 0.717) is 6.04 Å². The number of rotatable bonds is 5. The Labute approximate surface area is 105 Å². The third kappa shape index (κ3) is 4.53. The summed E-state index contributed by atoms with van der Waals surface area (Å²) in [6.45, 7) is 3.16. The van der Waals surface area contributed by atoms with E-state index in [1.807, 2.05) is 24.0 Å². The minimum absolute atomic E-state index is 0.588. The highest BCUT2D eigenvalue weighted by Gasteiger charge is 2.09. The molecule has 1 unspecified atom stereocenters. The topological polar surface area (TPSA) is 16.1 Å². The highest BCUT2D eigenvalue weighted by Crippen LogP contribution is 2.11. The summed E-state index contributed by atoms with van der Waals surface area (Å²) < 4.78 is 1.03. The molecule has 84 valence electrons. The van der Waals surface area contributed by atoms with Crippen LogP contribution in [0.1, 0.15) is 12.6 Å². The predicted molar refractivity (Wildman–Crippen MR) is 71.2 cm³/mol. The Morgan fingerprint density at radius 2 is 2.27 bits per heavy atom. The molecule has 1 aromatic rings. The van der Waals surface area contributed by atoms with Crippen LogP contribution in [0.5, 0.6) is 0 Å². The third-order valence-corrected chi connectivity index (χ3v) is 3.65. The maximum absolute atomic E-state index is 4.37. The van der Waals surface area contributed by atoms with Crippen LogP contribution >= 0.6 is 27.7 Å². The second-order valence-electron chi connectivity index (χ2n) is 3.69. The van der Waals surface area contributed by atoms with E-state index in [9.17, 15) is 0 Å². The molecule has 1 rings (SSSR count). The third-order valence-electron chi connectivity index (χ3n) is 2.36. The van der Waals surface area contributed by atoms with Crippen LogP contribution in [-0.2, 0) is 6.54 Å². The van der Waals surface area contributed by atoms with Gasteiger partial charge in [0.05, 0.1) is 5.69 Å². The predicted octanol–water partition coefficient (Wildman–Crippen LogP) is 3.03. The second kappa shape index (κ2) is 6.51. The van der Waals surface area contributed by atoms with Gasteiger partial charge in [0.25, 0.3) is 0 Å². The molecule has 15 heavy (non-hydrogen) atoms. The molecule has 0 bridgehead atoms. The molecule has 4 heteroatoms. The zero-order chi connectivity index (χ0) is 11.3. The molecule has 0 spiro atoms. The monoisotopic (exact) mass is 288 g/mol. The van der Waals surface area contributed by atoms with Gasteiger partial charge < -0.3 is 0 Å². The number of thioether (sulfide) groups is 1. The lowest BCUT2D eigenvalue weighted by molar-refractivity contribution is 0.266. The van der Waals surface area contributed by atoms with E-state index in [-0.39, 0.29) is 0 Å². The quantitative estimate of drug-likeness (QED) is 0.829. The standard InChI is InChI=1S/C11H17BrN2S/c1-9(8-15-3)14(2)7-11-5-4-10(12)6-13-11/h4-6,9H,7-8H2,1-3H3. The largest absolute Gasteiger partial charge is 0.297 e. The molecule has 0 saturated heterocycles. The van der Waals surface area contributed by atoms with Gasteiger partial charge in [0.2, 0.25) is 0 Å². The number of hydrogen-bond donors (Lipinski definition) is 0. The zero-order valence-electron chi connectivity index (χ0n) is 9.40. The first-order chi connectivity index (χ1) is 7.13. The Balaban J connectivity index is 2.50. The Morgan fingerprint density at radius 1 is 1.53 bits per heavy atom. The lowest BCUT2D eigenvalue weighted by atomic mass is 10.3. The van der Waals surface area contributed by atoms with E-state index < -0.39 is 0 Å². The fourth-order valence-electron chi connectivity index (χ4n) is 1.28. The fraction of sp³-hybridized carbons (Fsp3) is 0.545. The molecule has 1 heterocycles. The van der Waals surface area contributed by atoms with Crippen LogP contribution in [0.2, 0.25) is 0 Å². The molecule has 0 aliphatic carbocycles. The average Bonchev–Trinajstić information content (AvgIpc) is 2.22. The van der Waals surface area contributed by atoms with Crippen LogP contribution in [0.25, 0.3) is 0 Å². The molecule has 0 N–H and O–H groups in total.